The van der Waals surface area contributed by atoms with Crippen LogP contribution in [0.5, 0.6) is 0 Å². The molecular weight excluding hydrogens is 292 g/mol. The third kappa shape index (κ3) is 4.36. The van der Waals surface area contributed by atoms with Gasteiger partial charge in [-0.05, 0) is 18.2 Å². The Hall–Kier alpha value is -2.27. The second-order valence-corrected chi connectivity index (χ2v) is 4.88. The number of likely N-dealkylation sites (N-methyl/N-ethyl adjacent to an activating group) is 1. The van der Waals surface area contributed by atoms with Gasteiger partial charge in [-0.15, -0.1) is 0 Å². The van der Waals surface area contributed by atoms with Gasteiger partial charge in [0.15, 0.2) is 0 Å². The number of para-hydroxylation sites is 1. The van der Waals surface area contributed by atoms with Gasteiger partial charge in [0.05, 0.1) is 12.1 Å². The first-order chi connectivity index (χ1) is 10.1. The fourth-order valence-electron chi connectivity index (χ4n) is 1.80. The highest BCUT2D eigenvalue weighted by Crippen LogP contribution is 2.10. The van der Waals surface area contributed by atoms with Crippen LogP contribution in [0.3, 0.4) is 0 Å². The summed E-state index contributed by atoms with van der Waals surface area (Å²) in [6, 6.07) is 12.3. The lowest BCUT2D eigenvalue weighted by atomic mass is 10.3. The van der Waals surface area contributed by atoms with Crippen molar-refractivity contribution in [3.63, 3.8) is 0 Å². The molecule has 0 unspecified atom stereocenters. The van der Waals surface area contributed by atoms with Crippen molar-refractivity contribution in [2.75, 3.05) is 25.1 Å². The number of ether oxygens (including phenoxy) is 1. The molecule has 0 bridgehead atoms. The van der Waals surface area contributed by atoms with Crippen LogP contribution in [0.15, 0.2) is 47.3 Å². The zero-order chi connectivity index (χ0) is 15.2. The van der Waals surface area contributed by atoms with E-state index in [0.717, 1.165) is 11.8 Å². The summed E-state index contributed by atoms with van der Waals surface area (Å²) in [5.41, 5.74) is 0.745. The van der Waals surface area contributed by atoms with Gasteiger partial charge < -0.3 is 14.6 Å². The summed E-state index contributed by atoms with van der Waals surface area (Å²) >= 11 is 5.69. The maximum atomic E-state index is 11.8. The number of carbonyl (C=O) groups is 1. The number of anilines is 1. The first-order valence-corrected chi connectivity index (χ1v) is 6.77. The maximum Gasteiger partial charge on any atom is 0.338 e. The predicted octanol–water partition coefficient (Wildman–Crippen LogP) is 2.32. The second-order valence-electron chi connectivity index (χ2n) is 4.47. The van der Waals surface area contributed by atoms with Crippen LogP contribution in [0.25, 0.3) is 0 Å². The van der Waals surface area contributed by atoms with Crippen LogP contribution in [0.4, 0.5) is 5.69 Å². The van der Waals surface area contributed by atoms with Gasteiger partial charge >= 0.3 is 5.97 Å². The molecule has 1 heterocycles. The molecule has 0 radical (unpaired) electrons. The molecule has 0 aliphatic carbocycles. The van der Waals surface area contributed by atoms with Gasteiger partial charge in [-0.1, -0.05) is 29.8 Å². The summed E-state index contributed by atoms with van der Waals surface area (Å²) in [5, 5.41) is 0.107. The third-order valence-corrected chi connectivity index (χ3v) is 3.11. The van der Waals surface area contributed by atoms with E-state index in [1.165, 1.54) is 6.07 Å². The lowest BCUT2D eigenvalue weighted by molar-refractivity contribution is 0.0516. The number of H-pyrrole nitrogens is 1. The first-order valence-electron chi connectivity index (χ1n) is 6.39. The van der Waals surface area contributed by atoms with Crippen LogP contribution in [0.1, 0.15) is 10.4 Å². The molecule has 0 atom stereocenters. The highest BCUT2D eigenvalue weighted by Gasteiger charge is 2.10. The number of benzene rings is 1. The van der Waals surface area contributed by atoms with E-state index >= 15 is 0 Å². The number of carbonyl (C=O) groups excluding carboxylic acids is 1. The van der Waals surface area contributed by atoms with E-state index in [1.54, 1.807) is 0 Å². The Morgan fingerprint density at radius 1 is 1.29 bits per heavy atom. The summed E-state index contributed by atoms with van der Waals surface area (Å²) in [6.07, 6.45) is 0. The van der Waals surface area contributed by atoms with Gasteiger partial charge in [0.2, 0.25) is 5.56 Å². The normalized spacial score (nSPS) is 10.2. The van der Waals surface area contributed by atoms with Gasteiger partial charge in [-0.2, -0.15) is 0 Å². The number of nitrogens with one attached hydrogen (secondary N) is 1. The monoisotopic (exact) mass is 306 g/mol. The molecule has 0 aliphatic heterocycles. The molecule has 1 aromatic heterocycles. The minimum Gasteiger partial charge on any atom is -0.460 e. The average molecular weight is 307 g/mol. The van der Waals surface area contributed by atoms with E-state index < -0.39 is 11.5 Å². The molecule has 21 heavy (non-hydrogen) atoms. The Labute approximate surface area is 127 Å². The molecule has 1 N–H and O–H groups in total. The zero-order valence-electron chi connectivity index (χ0n) is 11.5. The molecule has 0 aliphatic rings. The van der Waals surface area contributed by atoms with Gasteiger partial charge in [-0.3, -0.25) is 4.79 Å². The Morgan fingerprint density at radius 2 is 2.00 bits per heavy atom. The number of hydrogen-bond acceptors (Lipinski definition) is 4. The van der Waals surface area contributed by atoms with Crippen LogP contribution in [-0.2, 0) is 4.74 Å². The molecule has 0 spiro atoms. The van der Waals surface area contributed by atoms with Crippen LogP contribution in [-0.4, -0.2) is 31.2 Å². The predicted molar refractivity (Wildman–Crippen MR) is 82.1 cm³/mol. The number of aromatic nitrogens is 1. The summed E-state index contributed by atoms with van der Waals surface area (Å²) < 4.78 is 5.14. The Kier molecular flexibility index (Phi) is 5.00. The van der Waals surface area contributed by atoms with Crippen molar-refractivity contribution < 1.29 is 9.53 Å². The lowest BCUT2D eigenvalue weighted by Gasteiger charge is -2.18. The van der Waals surface area contributed by atoms with E-state index in [-0.39, 0.29) is 17.3 Å². The topological polar surface area (TPSA) is 62.4 Å². The highest BCUT2D eigenvalue weighted by molar-refractivity contribution is 6.29. The SMILES string of the molecule is CN(CCOC(=O)c1cc(Cl)[nH]c(=O)c1)c1ccccc1. The molecule has 6 heteroatoms. The van der Waals surface area contributed by atoms with Crippen molar-refractivity contribution in [1.82, 2.24) is 4.98 Å². The summed E-state index contributed by atoms with van der Waals surface area (Å²) in [6.45, 7) is 0.765. The van der Waals surface area contributed by atoms with E-state index in [2.05, 4.69) is 4.98 Å². The fraction of sp³-hybridized carbons (Fsp3) is 0.200. The second kappa shape index (κ2) is 6.95. The van der Waals surface area contributed by atoms with Gasteiger partial charge in [-0.25, -0.2) is 4.79 Å². The van der Waals surface area contributed by atoms with Crippen molar-refractivity contribution in [1.29, 1.82) is 0 Å². The van der Waals surface area contributed by atoms with Gasteiger partial charge in [0.1, 0.15) is 11.8 Å². The van der Waals surface area contributed by atoms with E-state index in [1.807, 2.05) is 42.3 Å². The van der Waals surface area contributed by atoms with Crippen LogP contribution < -0.4 is 10.5 Å². The third-order valence-electron chi connectivity index (χ3n) is 2.90. The molecule has 5 nitrogen and oxygen atoms in total. The molecule has 0 saturated heterocycles. The quantitative estimate of drug-likeness (QED) is 0.680. The van der Waals surface area contributed by atoms with E-state index in [0.29, 0.717) is 6.54 Å². The van der Waals surface area contributed by atoms with Crippen molar-refractivity contribution in [2.45, 2.75) is 0 Å². The number of hydrogen-bond donors (Lipinski definition) is 1. The van der Waals surface area contributed by atoms with Crippen molar-refractivity contribution in [3.05, 3.63) is 63.5 Å². The van der Waals surface area contributed by atoms with Crippen molar-refractivity contribution >= 4 is 23.3 Å². The van der Waals surface area contributed by atoms with Crippen molar-refractivity contribution in [3.8, 4) is 0 Å². The number of aromatic amines is 1. The van der Waals surface area contributed by atoms with Crippen LogP contribution in [0, 0.1) is 0 Å². The Bertz CT molecular complexity index is 670. The number of nitrogens with zero attached hydrogens (tertiary/aromatic N) is 1. The standard InChI is InChI=1S/C15H15ClN2O3/c1-18(12-5-3-2-4-6-12)7-8-21-15(20)11-9-13(16)17-14(19)10-11/h2-6,9-10H,7-8H2,1H3,(H,17,19). The largest absolute Gasteiger partial charge is 0.460 e. The number of pyridine rings is 1. The van der Waals surface area contributed by atoms with Crippen LogP contribution >= 0.6 is 11.6 Å². The first kappa shape index (κ1) is 15.1. The average Bonchev–Trinajstić information content (AvgIpc) is 2.47. The van der Waals surface area contributed by atoms with E-state index in [4.69, 9.17) is 16.3 Å². The summed E-state index contributed by atoms with van der Waals surface area (Å²) in [5.74, 6) is -0.565. The molecular formula is C15H15ClN2O3. The summed E-state index contributed by atoms with van der Waals surface area (Å²) in [4.78, 5) is 27.4. The zero-order valence-corrected chi connectivity index (χ0v) is 12.3. The van der Waals surface area contributed by atoms with E-state index in [9.17, 15) is 9.59 Å². The number of esters is 1. The highest BCUT2D eigenvalue weighted by atomic mass is 35.5. The maximum absolute atomic E-state index is 11.8. The molecule has 0 saturated carbocycles. The Morgan fingerprint density at radius 3 is 2.67 bits per heavy atom. The van der Waals surface area contributed by atoms with Crippen LogP contribution in [0.2, 0.25) is 5.15 Å². The number of halogens is 1. The molecule has 2 rings (SSSR count). The smallest absolute Gasteiger partial charge is 0.338 e. The molecule has 2 aromatic rings. The fourth-order valence-corrected chi connectivity index (χ4v) is 2.01. The Balaban J connectivity index is 1.88. The number of rotatable bonds is 5. The minimum absolute atomic E-state index is 0.107. The van der Waals surface area contributed by atoms with Gasteiger partial charge in [0, 0.05) is 18.8 Å². The molecule has 110 valence electrons. The lowest BCUT2D eigenvalue weighted by Crippen LogP contribution is -2.24. The summed E-state index contributed by atoms with van der Waals surface area (Å²) in [7, 11) is 1.91. The molecule has 0 amide bonds. The molecule has 0 fully saturated rings. The van der Waals surface area contributed by atoms with Gasteiger partial charge in [0.25, 0.3) is 0 Å². The molecule has 1 aromatic carbocycles. The minimum atomic E-state index is -0.565. The van der Waals surface area contributed by atoms with Crippen molar-refractivity contribution in [2.24, 2.45) is 0 Å².